The summed E-state index contributed by atoms with van der Waals surface area (Å²) in [5, 5.41) is 0. The summed E-state index contributed by atoms with van der Waals surface area (Å²) in [7, 11) is 0. The highest BCUT2D eigenvalue weighted by molar-refractivity contribution is 6.00. The van der Waals surface area contributed by atoms with Crippen LogP contribution in [0.3, 0.4) is 0 Å². The van der Waals surface area contributed by atoms with Gasteiger partial charge in [0.15, 0.2) is 5.78 Å². The number of hydrogen-bond acceptors (Lipinski definition) is 1. The van der Waals surface area contributed by atoms with Gasteiger partial charge in [0.2, 0.25) is 0 Å². The third kappa shape index (κ3) is 0.954. The topological polar surface area (TPSA) is 17.1 Å². The van der Waals surface area contributed by atoms with E-state index in [-0.39, 0.29) is 11.3 Å². The summed E-state index contributed by atoms with van der Waals surface area (Å²) in [6, 6.07) is 0. The Hall–Kier alpha value is -0.590. The number of carbonyl (C=O) groups is 1. The Balaban J connectivity index is 3.16. The molecule has 0 spiro atoms. The van der Waals surface area contributed by atoms with Crippen LogP contribution in [-0.2, 0) is 4.79 Å². The summed E-state index contributed by atoms with van der Waals surface area (Å²) in [5.74, 6) is 0.527. The van der Waals surface area contributed by atoms with Crippen LogP contribution in [0, 0.1) is 11.3 Å². The van der Waals surface area contributed by atoms with Gasteiger partial charge in [-0.3, -0.25) is 4.79 Å². The molecule has 12 heavy (non-hydrogen) atoms. The van der Waals surface area contributed by atoms with Crippen molar-refractivity contribution in [3.05, 3.63) is 11.1 Å². The molecule has 1 nitrogen and oxygen atoms in total. The van der Waals surface area contributed by atoms with Gasteiger partial charge in [0.1, 0.15) is 0 Å². The average molecular weight is 166 g/mol. The minimum absolute atomic E-state index is 0.126. The molecule has 0 saturated carbocycles. The quantitative estimate of drug-likeness (QED) is 0.585. The van der Waals surface area contributed by atoms with Crippen LogP contribution in [0.4, 0.5) is 0 Å². The van der Waals surface area contributed by atoms with E-state index in [0.29, 0.717) is 5.78 Å². The van der Waals surface area contributed by atoms with Crippen LogP contribution in [0.2, 0.25) is 0 Å². The van der Waals surface area contributed by atoms with Gasteiger partial charge in [0.25, 0.3) is 0 Å². The number of rotatable bonds is 1. The van der Waals surface area contributed by atoms with E-state index in [1.54, 1.807) is 0 Å². The van der Waals surface area contributed by atoms with Gasteiger partial charge in [0, 0.05) is 5.92 Å². The third-order valence-corrected chi connectivity index (χ3v) is 3.87. The first kappa shape index (κ1) is 9.50. The molecule has 68 valence electrons. The standard InChI is InChI=1S/C11H18O/c1-6-11(5)8(3)7(2)10(12)9(11)4/h9H,6H2,1-5H3/t9-,11+/m0/s1. The molecular weight excluding hydrogens is 148 g/mol. The normalized spacial score (nSPS) is 36.4. The molecule has 0 N–H and O–H groups in total. The van der Waals surface area contributed by atoms with E-state index in [4.69, 9.17) is 0 Å². The number of allylic oxidation sites excluding steroid dienone is 2. The predicted molar refractivity (Wildman–Crippen MR) is 50.9 cm³/mol. The van der Waals surface area contributed by atoms with Crippen molar-refractivity contribution in [1.29, 1.82) is 0 Å². The van der Waals surface area contributed by atoms with Gasteiger partial charge in [-0.05, 0) is 31.3 Å². The van der Waals surface area contributed by atoms with E-state index >= 15 is 0 Å². The van der Waals surface area contributed by atoms with Gasteiger partial charge >= 0.3 is 0 Å². The van der Waals surface area contributed by atoms with Gasteiger partial charge in [-0.2, -0.15) is 0 Å². The van der Waals surface area contributed by atoms with Crippen molar-refractivity contribution in [3.63, 3.8) is 0 Å². The highest BCUT2D eigenvalue weighted by Crippen LogP contribution is 2.46. The van der Waals surface area contributed by atoms with Gasteiger partial charge < -0.3 is 0 Å². The van der Waals surface area contributed by atoms with Crippen LogP contribution in [0.15, 0.2) is 11.1 Å². The number of ketones is 1. The van der Waals surface area contributed by atoms with Gasteiger partial charge in [-0.15, -0.1) is 0 Å². The summed E-state index contributed by atoms with van der Waals surface area (Å²) in [6.45, 7) is 10.5. The molecule has 0 unspecified atom stereocenters. The highest BCUT2D eigenvalue weighted by atomic mass is 16.1. The molecule has 0 bridgehead atoms. The van der Waals surface area contributed by atoms with Crippen LogP contribution < -0.4 is 0 Å². The smallest absolute Gasteiger partial charge is 0.162 e. The van der Waals surface area contributed by atoms with Crippen LogP contribution in [-0.4, -0.2) is 5.78 Å². The van der Waals surface area contributed by atoms with E-state index in [2.05, 4.69) is 20.8 Å². The SMILES string of the molecule is CC[C@]1(C)C(C)=C(C)C(=O)[C@@H]1C. The van der Waals surface area contributed by atoms with E-state index in [0.717, 1.165) is 12.0 Å². The summed E-state index contributed by atoms with van der Waals surface area (Å²) in [6.07, 6.45) is 1.06. The summed E-state index contributed by atoms with van der Waals surface area (Å²) in [5.41, 5.74) is 2.41. The second kappa shape index (κ2) is 2.72. The highest BCUT2D eigenvalue weighted by Gasteiger charge is 2.42. The molecule has 1 heteroatoms. The fourth-order valence-electron chi connectivity index (χ4n) is 2.12. The molecule has 0 aromatic rings. The Labute approximate surface area is 74.9 Å². The Kier molecular flexibility index (Phi) is 2.15. The maximum Gasteiger partial charge on any atom is 0.162 e. The molecule has 0 aromatic heterocycles. The van der Waals surface area contributed by atoms with Gasteiger partial charge in [0.05, 0.1) is 0 Å². The lowest BCUT2D eigenvalue weighted by Crippen LogP contribution is -2.24. The van der Waals surface area contributed by atoms with Crippen molar-refractivity contribution in [1.82, 2.24) is 0 Å². The van der Waals surface area contributed by atoms with Crippen LogP contribution >= 0.6 is 0 Å². The van der Waals surface area contributed by atoms with E-state index < -0.39 is 0 Å². The zero-order valence-electron chi connectivity index (χ0n) is 8.69. The molecular formula is C11H18O. The van der Waals surface area contributed by atoms with Crippen LogP contribution in [0.25, 0.3) is 0 Å². The molecule has 1 rings (SSSR count). The number of hydrogen-bond donors (Lipinski definition) is 0. The van der Waals surface area contributed by atoms with Crippen LogP contribution in [0.5, 0.6) is 0 Å². The van der Waals surface area contributed by atoms with E-state index in [9.17, 15) is 4.79 Å². The molecule has 0 amide bonds. The molecule has 1 aliphatic rings. The first-order chi connectivity index (χ1) is 5.45. The average Bonchev–Trinajstić information content (AvgIpc) is 2.22. The molecule has 0 fully saturated rings. The monoisotopic (exact) mass is 166 g/mol. The van der Waals surface area contributed by atoms with Crippen molar-refractivity contribution in [2.24, 2.45) is 11.3 Å². The molecule has 0 heterocycles. The Bertz CT molecular complexity index is 250. The number of carbonyl (C=O) groups excluding carboxylic acids is 1. The fraction of sp³-hybridized carbons (Fsp3) is 0.727. The number of Topliss-reactive ketones (excluding diaryl/α,β-unsaturated/α-hetero) is 1. The van der Waals surface area contributed by atoms with Crippen molar-refractivity contribution in [2.75, 3.05) is 0 Å². The van der Waals surface area contributed by atoms with E-state index in [1.165, 1.54) is 5.57 Å². The van der Waals surface area contributed by atoms with Crippen molar-refractivity contribution in [2.45, 2.75) is 41.0 Å². The molecule has 0 saturated heterocycles. The zero-order chi connectivity index (χ0) is 9.52. The Morgan fingerprint density at radius 2 is 1.92 bits per heavy atom. The Morgan fingerprint density at radius 1 is 1.42 bits per heavy atom. The first-order valence-corrected chi connectivity index (χ1v) is 4.67. The summed E-state index contributed by atoms with van der Waals surface area (Å²) < 4.78 is 0. The molecule has 0 aliphatic heterocycles. The van der Waals surface area contributed by atoms with Crippen LogP contribution in [0.1, 0.15) is 41.0 Å². The predicted octanol–water partition coefficient (Wildman–Crippen LogP) is 2.96. The third-order valence-electron chi connectivity index (χ3n) is 3.87. The zero-order valence-corrected chi connectivity index (χ0v) is 8.69. The van der Waals surface area contributed by atoms with Crippen molar-refractivity contribution >= 4 is 5.78 Å². The summed E-state index contributed by atoms with van der Waals surface area (Å²) >= 11 is 0. The second-order valence-corrected chi connectivity index (χ2v) is 4.11. The van der Waals surface area contributed by atoms with Crippen molar-refractivity contribution < 1.29 is 4.79 Å². The first-order valence-electron chi connectivity index (χ1n) is 4.67. The lowest BCUT2D eigenvalue weighted by atomic mass is 9.74. The molecule has 1 aliphatic carbocycles. The molecule has 0 radical (unpaired) electrons. The van der Waals surface area contributed by atoms with Gasteiger partial charge in [-0.25, -0.2) is 0 Å². The minimum Gasteiger partial charge on any atom is -0.294 e. The molecule has 2 atom stereocenters. The van der Waals surface area contributed by atoms with Crippen molar-refractivity contribution in [3.8, 4) is 0 Å². The lowest BCUT2D eigenvalue weighted by molar-refractivity contribution is -0.119. The largest absolute Gasteiger partial charge is 0.294 e. The maximum atomic E-state index is 11.6. The Morgan fingerprint density at radius 3 is 2.08 bits per heavy atom. The molecule has 0 aromatic carbocycles. The van der Waals surface area contributed by atoms with E-state index in [1.807, 2.05) is 13.8 Å². The fourth-order valence-corrected chi connectivity index (χ4v) is 2.12. The maximum absolute atomic E-state index is 11.6. The summed E-state index contributed by atoms with van der Waals surface area (Å²) in [4.78, 5) is 11.6. The van der Waals surface area contributed by atoms with Gasteiger partial charge in [-0.1, -0.05) is 26.3 Å². The minimum atomic E-state index is 0.126. The second-order valence-electron chi connectivity index (χ2n) is 4.11. The lowest BCUT2D eigenvalue weighted by Gasteiger charge is -2.28.